The van der Waals surface area contributed by atoms with E-state index >= 15 is 0 Å². The maximum Gasteiger partial charge on any atom is 0.283 e. The first-order chi connectivity index (χ1) is 17.0. The minimum atomic E-state index is -3.89. The van der Waals surface area contributed by atoms with Gasteiger partial charge in [0.1, 0.15) is 0 Å². The number of rotatable bonds is 6. The molecule has 6 nitrogen and oxygen atoms in total. The van der Waals surface area contributed by atoms with Gasteiger partial charge in [0.15, 0.2) is 5.82 Å². The van der Waals surface area contributed by atoms with E-state index in [-0.39, 0.29) is 4.90 Å². The molecule has 2 aliphatic carbocycles. The molecule has 0 spiro atoms. The van der Waals surface area contributed by atoms with E-state index in [2.05, 4.69) is 33.6 Å². The van der Waals surface area contributed by atoms with Gasteiger partial charge in [-0.2, -0.15) is 12.5 Å². The number of anilines is 1. The van der Waals surface area contributed by atoms with E-state index in [4.69, 9.17) is 0 Å². The molecule has 2 heterocycles. The summed E-state index contributed by atoms with van der Waals surface area (Å²) in [4.78, 5) is 4.61. The molecule has 176 valence electrons. The molecule has 7 heteroatoms. The van der Waals surface area contributed by atoms with Gasteiger partial charge in [-0.15, -0.1) is 5.10 Å². The van der Waals surface area contributed by atoms with Gasteiger partial charge in [-0.1, -0.05) is 66.2 Å². The van der Waals surface area contributed by atoms with E-state index in [9.17, 15) is 8.42 Å². The van der Waals surface area contributed by atoms with Gasteiger partial charge in [-0.05, 0) is 49.1 Å². The Morgan fingerprint density at radius 3 is 2.40 bits per heavy atom. The molecule has 2 aliphatic rings. The number of nitrogens with zero attached hydrogens (tertiary/aromatic N) is 3. The second-order valence-corrected chi connectivity index (χ2v) is 11.1. The van der Waals surface area contributed by atoms with Crippen LogP contribution in [0.1, 0.15) is 40.8 Å². The summed E-state index contributed by atoms with van der Waals surface area (Å²) in [6.07, 6.45) is 10.4. The number of aryl methyl sites for hydroxylation is 1. The van der Waals surface area contributed by atoms with Crippen LogP contribution in [0.5, 0.6) is 0 Å². The van der Waals surface area contributed by atoms with Crippen molar-refractivity contribution in [3.8, 4) is 0 Å². The van der Waals surface area contributed by atoms with Gasteiger partial charge in [0, 0.05) is 35.8 Å². The third-order valence-electron chi connectivity index (χ3n) is 6.90. The van der Waals surface area contributed by atoms with Crippen LogP contribution in [0.4, 0.5) is 5.82 Å². The number of hydrogen-bond acceptors (Lipinski definition) is 5. The zero-order valence-corrected chi connectivity index (χ0v) is 20.2. The van der Waals surface area contributed by atoms with E-state index in [0.717, 1.165) is 35.1 Å². The Balaban J connectivity index is 1.55. The Morgan fingerprint density at radius 2 is 1.71 bits per heavy atom. The van der Waals surface area contributed by atoms with Crippen molar-refractivity contribution in [3.63, 3.8) is 0 Å². The lowest BCUT2D eigenvalue weighted by molar-refractivity contribution is 0.564. The van der Waals surface area contributed by atoms with E-state index < -0.39 is 15.4 Å². The Hall–Kier alpha value is -3.71. The second kappa shape index (κ2) is 8.20. The molecule has 1 atom stereocenters. The molecule has 0 bridgehead atoms. The molecule has 35 heavy (non-hydrogen) atoms. The zero-order chi connectivity index (χ0) is 24.0. The molecule has 4 aromatic rings. The zero-order valence-electron chi connectivity index (χ0n) is 19.4. The second-order valence-electron chi connectivity index (χ2n) is 9.38. The van der Waals surface area contributed by atoms with Crippen LogP contribution < -0.4 is 5.32 Å². The maximum atomic E-state index is 13.9. The molecule has 6 rings (SSSR count). The molecular weight excluding hydrogens is 456 g/mol. The predicted molar refractivity (Wildman–Crippen MR) is 137 cm³/mol. The highest BCUT2D eigenvalue weighted by Gasteiger charge is 2.40. The fourth-order valence-electron chi connectivity index (χ4n) is 4.79. The fourth-order valence-corrected chi connectivity index (χ4v) is 6.12. The lowest BCUT2D eigenvalue weighted by Crippen LogP contribution is -2.32. The van der Waals surface area contributed by atoms with Crippen molar-refractivity contribution < 1.29 is 8.42 Å². The van der Waals surface area contributed by atoms with Crippen LogP contribution in [0.15, 0.2) is 90.1 Å². The first-order valence-electron chi connectivity index (χ1n) is 11.8. The Kier molecular flexibility index (Phi) is 5.11. The molecule has 0 amide bonds. The fraction of sp³-hybridized carbons (Fsp3) is 0.214. The molecule has 2 aromatic heterocycles. The maximum absolute atomic E-state index is 13.9. The summed E-state index contributed by atoms with van der Waals surface area (Å²) >= 11 is 0. The van der Waals surface area contributed by atoms with Gasteiger partial charge in [0.05, 0.1) is 10.6 Å². The quantitative estimate of drug-likeness (QED) is 0.421. The number of benzene rings is 2. The molecule has 0 aliphatic heterocycles. The smallest absolute Gasteiger partial charge is 0.283 e. The summed E-state index contributed by atoms with van der Waals surface area (Å²) < 4.78 is 28.9. The van der Waals surface area contributed by atoms with Crippen molar-refractivity contribution >= 4 is 21.9 Å². The van der Waals surface area contributed by atoms with Crippen LogP contribution in [0.3, 0.4) is 0 Å². The molecular formula is C28H26N4O2S. The Morgan fingerprint density at radius 1 is 0.971 bits per heavy atom. The van der Waals surface area contributed by atoms with E-state index in [1.54, 1.807) is 18.3 Å². The summed E-state index contributed by atoms with van der Waals surface area (Å²) in [6.45, 7) is 1.94. The highest BCUT2D eigenvalue weighted by Crippen LogP contribution is 2.44. The molecule has 1 fully saturated rings. The normalized spacial score (nSPS) is 19.3. The summed E-state index contributed by atoms with van der Waals surface area (Å²) in [5.41, 5.74) is 4.02. The van der Waals surface area contributed by atoms with Gasteiger partial charge in [-0.25, -0.2) is 0 Å². The molecule has 1 unspecified atom stereocenters. The van der Waals surface area contributed by atoms with Gasteiger partial charge in [0.25, 0.3) is 10.0 Å². The average molecular weight is 483 g/mol. The largest absolute Gasteiger partial charge is 0.365 e. The molecule has 0 radical (unpaired) electrons. The lowest BCUT2D eigenvalue weighted by atomic mass is 9.69. The molecule has 2 aromatic carbocycles. The van der Waals surface area contributed by atoms with Crippen molar-refractivity contribution in [2.24, 2.45) is 0 Å². The van der Waals surface area contributed by atoms with Gasteiger partial charge in [0.2, 0.25) is 0 Å². The number of pyridine rings is 1. The van der Waals surface area contributed by atoms with Crippen molar-refractivity contribution in [1.82, 2.24) is 14.2 Å². The lowest BCUT2D eigenvalue weighted by Gasteiger charge is -2.34. The van der Waals surface area contributed by atoms with Crippen molar-refractivity contribution in [1.29, 1.82) is 0 Å². The van der Waals surface area contributed by atoms with Crippen molar-refractivity contribution in [2.45, 2.75) is 42.5 Å². The monoisotopic (exact) mass is 482 g/mol. The number of aromatic nitrogens is 3. The van der Waals surface area contributed by atoms with Crippen LogP contribution in [0, 0.1) is 6.92 Å². The minimum Gasteiger partial charge on any atom is -0.365 e. The van der Waals surface area contributed by atoms with Crippen LogP contribution in [-0.2, 0) is 21.9 Å². The van der Waals surface area contributed by atoms with Crippen LogP contribution >= 0.6 is 0 Å². The van der Waals surface area contributed by atoms with Crippen LogP contribution in [-0.4, -0.2) is 28.6 Å². The Bertz CT molecular complexity index is 1470. The van der Waals surface area contributed by atoms with Crippen LogP contribution in [0.25, 0.3) is 6.08 Å². The molecule has 1 N–H and O–H groups in total. The van der Waals surface area contributed by atoms with Gasteiger partial charge in [-0.3, -0.25) is 4.98 Å². The summed E-state index contributed by atoms with van der Waals surface area (Å²) in [5, 5.41) is 8.09. The standard InChI is InChI=1S/C28H26N4O2S/c1-20-9-13-24(14-10-20)35(33,34)32-26-18-28(21-6-3-2-4-7-21,22-8-5-17-29-19-22)16-15-25(26)27(31-32)30-23-11-12-23/h2-10,13-17,19,23H,11-12,18H2,1H3,(H,30,31). The first kappa shape index (κ1) is 21.8. The van der Waals surface area contributed by atoms with Gasteiger partial charge >= 0.3 is 0 Å². The molecule has 0 saturated heterocycles. The summed E-state index contributed by atoms with van der Waals surface area (Å²) in [7, 11) is -3.89. The summed E-state index contributed by atoms with van der Waals surface area (Å²) in [6, 6.07) is 21.4. The van der Waals surface area contributed by atoms with E-state index in [1.165, 1.54) is 4.09 Å². The number of nitrogens with one attached hydrogen (secondary N) is 1. The van der Waals surface area contributed by atoms with Crippen molar-refractivity contribution in [2.75, 3.05) is 5.32 Å². The van der Waals surface area contributed by atoms with Crippen LogP contribution in [0.2, 0.25) is 0 Å². The van der Waals surface area contributed by atoms with E-state index in [0.29, 0.717) is 24.0 Å². The van der Waals surface area contributed by atoms with Crippen molar-refractivity contribution in [3.05, 3.63) is 113 Å². The summed E-state index contributed by atoms with van der Waals surface area (Å²) in [5.74, 6) is 0.627. The SMILES string of the molecule is Cc1ccc(S(=O)(=O)n2nc(NC3CC3)c3c2CC(c2ccccc2)(c2cccnc2)C=C3)cc1. The van der Waals surface area contributed by atoms with Gasteiger partial charge < -0.3 is 5.32 Å². The number of hydrogen-bond donors (Lipinski definition) is 1. The Labute approximate surface area is 205 Å². The number of allylic oxidation sites excluding steroid dienone is 1. The minimum absolute atomic E-state index is 0.229. The topological polar surface area (TPSA) is 76.9 Å². The predicted octanol–water partition coefficient (Wildman–Crippen LogP) is 4.95. The third kappa shape index (κ3) is 3.76. The highest BCUT2D eigenvalue weighted by atomic mass is 32.2. The third-order valence-corrected chi connectivity index (χ3v) is 8.52. The van der Waals surface area contributed by atoms with E-state index in [1.807, 2.05) is 61.7 Å². The first-order valence-corrected chi connectivity index (χ1v) is 13.3. The molecule has 1 saturated carbocycles. The number of fused-ring (bicyclic) bond motifs is 1. The highest BCUT2D eigenvalue weighted by molar-refractivity contribution is 7.89. The average Bonchev–Trinajstić information content (AvgIpc) is 3.64.